The Bertz CT molecular complexity index is 2670. The standard InChI is InChI=1S/C43H47ClF3N11O4/c1-54-31-7-5-25(17-27(31)36-37(41(54)61)62-22-43(46,47)38(51-36)24-3-4-24)49-39-29(44)20-48-42(52-39)58-11-9-23(10-12-58)21-56-13-15-57(16-14-56)33-19-32-28(18-30(33)45)35(53-55(32)2)26-6-8-34(59)50-40(26)60/h5,7,17-20,23-24,26,38,51H,3-4,6,8-16,21-22H2,1-2H3,(H,48,49,52)(H,50,59,60)/t26?,38-/m0/s1. The number of piperazine rings is 1. The van der Waals surface area contributed by atoms with Crippen molar-refractivity contribution in [3.63, 3.8) is 0 Å². The van der Waals surface area contributed by atoms with Crippen LogP contribution in [0.2, 0.25) is 5.02 Å². The number of piperidine rings is 2. The van der Waals surface area contributed by atoms with E-state index in [9.17, 15) is 14.4 Å². The Morgan fingerprint density at radius 3 is 2.45 bits per heavy atom. The average Bonchev–Trinajstić information content (AvgIpc) is 4.06. The fourth-order valence-corrected chi connectivity index (χ4v) is 9.76. The van der Waals surface area contributed by atoms with Gasteiger partial charge in [-0.25, -0.2) is 18.2 Å². The molecule has 4 fully saturated rings. The van der Waals surface area contributed by atoms with Crippen LogP contribution in [0.25, 0.3) is 21.8 Å². The Morgan fingerprint density at radius 1 is 0.935 bits per heavy atom. The van der Waals surface area contributed by atoms with Crippen LogP contribution in [-0.2, 0) is 23.7 Å². The summed E-state index contributed by atoms with van der Waals surface area (Å²) in [6.45, 7) is 4.53. The maximum absolute atomic E-state index is 15.7. The second kappa shape index (κ2) is 15.6. The van der Waals surface area contributed by atoms with Gasteiger partial charge in [-0.2, -0.15) is 10.1 Å². The lowest BCUT2D eigenvalue weighted by molar-refractivity contribution is -0.134. The topological polar surface area (TPSA) is 155 Å². The van der Waals surface area contributed by atoms with Gasteiger partial charge in [0.15, 0.2) is 12.4 Å². The molecule has 4 aliphatic heterocycles. The summed E-state index contributed by atoms with van der Waals surface area (Å²) >= 11 is 6.62. The molecule has 0 bridgehead atoms. The van der Waals surface area contributed by atoms with E-state index in [1.807, 2.05) is 6.07 Å². The first-order valence-electron chi connectivity index (χ1n) is 21.3. The van der Waals surface area contributed by atoms with Gasteiger partial charge in [0.2, 0.25) is 23.5 Å². The number of hydrogen-bond donors (Lipinski definition) is 3. The van der Waals surface area contributed by atoms with Crippen molar-refractivity contribution in [1.82, 2.24) is 34.5 Å². The Labute approximate surface area is 359 Å². The molecule has 7 heterocycles. The van der Waals surface area contributed by atoms with Crippen molar-refractivity contribution in [2.45, 2.75) is 56.4 Å². The number of aryl methyl sites for hydroxylation is 2. The van der Waals surface area contributed by atoms with Crippen LogP contribution in [0.4, 0.5) is 42.0 Å². The molecule has 3 saturated heterocycles. The third-order valence-corrected chi connectivity index (χ3v) is 13.5. The highest BCUT2D eigenvalue weighted by molar-refractivity contribution is 6.33. The number of aromatic nitrogens is 5. The van der Waals surface area contributed by atoms with E-state index in [0.29, 0.717) is 88.4 Å². The highest BCUT2D eigenvalue weighted by Crippen LogP contribution is 2.46. The van der Waals surface area contributed by atoms with Crippen molar-refractivity contribution in [3.8, 4) is 5.75 Å². The molecular weight excluding hydrogens is 827 g/mol. The molecule has 1 unspecified atom stereocenters. The molecule has 1 saturated carbocycles. The smallest absolute Gasteiger partial charge is 0.301 e. The highest BCUT2D eigenvalue weighted by atomic mass is 35.5. The number of amides is 2. The van der Waals surface area contributed by atoms with Gasteiger partial charge < -0.3 is 29.7 Å². The predicted molar refractivity (Wildman–Crippen MR) is 229 cm³/mol. The second-order valence-corrected chi connectivity index (χ2v) is 17.8. The maximum atomic E-state index is 15.7. The largest absolute Gasteiger partial charge is 0.480 e. The molecule has 1 aliphatic carbocycles. The Morgan fingerprint density at radius 2 is 1.71 bits per heavy atom. The lowest BCUT2D eigenvalue weighted by Gasteiger charge is -2.39. The monoisotopic (exact) mass is 873 g/mol. The summed E-state index contributed by atoms with van der Waals surface area (Å²) in [4.78, 5) is 53.5. The number of halogens is 4. The number of fused-ring (bicyclic) bond motifs is 4. The zero-order valence-electron chi connectivity index (χ0n) is 34.4. The summed E-state index contributed by atoms with van der Waals surface area (Å²) < 4.78 is 54.6. The number of benzene rings is 2. The van der Waals surface area contributed by atoms with E-state index in [0.717, 1.165) is 51.1 Å². The molecule has 0 radical (unpaired) electrons. The third kappa shape index (κ3) is 7.43. The van der Waals surface area contributed by atoms with E-state index >= 15 is 13.2 Å². The first-order chi connectivity index (χ1) is 29.8. The van der Waals surface area contributed by atoms with Crippen LogP contribution in [0.1, 0.15) is 50.1 Å². The number of carbonyl (C=O) groups excluding carboxylic acids is 2. The molecular formula is C43H47ClF3N11O4. The number of alkyl halides is 2. The van der Waals surface area contributed by atoms with E-state index in [2.05, 4.69) is 40.7 Å². The van der Waals surface area contributed by atoms with E-state index in [-0.39, 0.29) is 35.5 Å². The quantitative estimate of drug-likeness (QED) is 0.168. The van der Waals surface area contributed by atoms with Gasteiger partial charge in [0.05, 0.1) is 46.3 Å². The molecule has 5 aliphatic rings. The lowest BCUT2D eigenvalue weighted by atomic mass is 9.92. The molecule has 2 atom stereocenters. The van der Waals surface area contributed by atoms with Crippen LogP contribution in [0.15, 0.2) is 41.3 Å². The zero-order valence-corrected chi connectivity index (χ0v) is 35.2. The first kappa shape index (κ1) is 40.5. The number of pyridine rings is 1. The lowest BCUT2D eigenvalue weighted by Crippen LogP contribution is -2.49. The van der Waals surface area contributed by atoms with E-state index in [1.165, 1.54) is 10.6 Å². The van der Waals surface area contributed by atoms with Crippen molar-refractivity contribution < 1.29 is 27.5 Å². The van der Waals surface area contributed by atoms with Crippen molar-refractivity contribution >= 4 is 74.0 Å². The number of imide groups is 1. The van der Waals surface area contributed by atoms with Gasteiger partial charge in [0, 0.05) is 82.8 Å². The minimum Gasteiger partial charge on any atom is -0.480 e. The number of hydrogen-bond acceptors (Lipinski definition) is 12. The Kier molecular flexibility index (Phi) is 10.2. The van der Waals surface area contributed by atoms with Gasteiger partial charge in [0.1, 0.15) is 10.8 Å². The first-order valence-corrected chi connectivity index (χ1v) is 21.6. The van der Waals surface area contributed by atoms with E-state index < -0.39 is 36.0 Å². The summed E-state index contributed by atoms with van der Waals surface area (Å²) in [5.41, 5.74) is 2.70. The summed E-state index contributed by atoms with van der Waals surface area (Å²) in [5.74, 6) is -3.69. The van der Waals surface area contributed by atoms with Crippen LogP contribution >= 0.6 is 11.6 Å². The molecule has 5 aromatic rings. The number of anilines is 5. The van der Waals surface area contributed by atoms with E-state index in [4.69, 9.17) is 21.3 Å². The van der Waals surface area contributed by atoms with Crippen molar-refractivity contribution in [2.75, 3.05) is 72.9 Å². The van der Waals surface area contributed by atoms with Crippen molar-refractivity contribution in [1.29, 1.82) is 0 Å². The van der Waals surface area contributed by atoms with Gasteiger partial charge in [-0.1, -0.05) is 11.6 Å². The zero-order chi connectivity index (χ0) is 43.0. The Hall–Kier alpha value is -5.62. The van der Waals surface area contributed by atoms with Crippen LogP contribution in [0.3, 0.4) is 0 Å². The third-order valence-electron chi connectivity index (χ3n) is 13.2. The number of ether oxygens (including phenoxy) is 1. The minimum absolute atomic E-state index is 0.119. The van der Waals surface area contributed by atoms with Gasteiger partial charge in [-0.05, 0) is 74.3 Å². The fourth-order valence-electron chi connectivity index (χ4n) is 9.62. The molecule has 2 amide bonds. The molecule has 62 heavy (non-hydrogen) atoms. The summed E-state index contributed by atoms with van der Waals surface area (Å²) in [5, 5.41) is 14.7. The number of nitrogens with zero attached hydrogens (tertiary/aromatic N) is 8. The minimum atomic E-state index is -3.14. The Balaban J connectivity index is 0.770. The van der Waals surface area contributed by atoms with Crippen molar-refractivity contribution in [3.05, 3.63) is 63.4 Å². The average molecular weight is 874 g/mol. The normalized spacial score (nSPS) is 22.3. The van der Waals surface area contributed by atoms with Gasteiger partial charge in [0.25, 0.3) is 5.56 Å². The van der Waals surface area contributed by atoms with E-state index in [1.54, 1.807) is 43.2 Å². The molecule has 2 aromatic carbocycles. The predicted octanol–water partition coefficient (Wildman–Crippen LogP) is 5.53. The van der Waals surface area contributed by atoms with Gasteiger partial charge in [-0.15, -0.1) is 0 Å². The number of carbonyl (C=O) groups is 2. The summed E-state index contributed by atoms with van der Waals surface area (Å²) in [6, 6.07) is 7.50. The molecule has 326 valence electrons. The summed E-state index contributed by atoms with van der Waals surface area (Å²) in [7, 11) is 3.38. The van der Waals surface area contributed by atoms with Crippen LogP contribution < -0.4 is 36.0 Å². The fraction of sp³-hybridized carbons (Fsp3) is 0.488. The molecule has 3 N–H and O–H groups in total. The molecule has 0 spiro atoms. The summed E-state index contributed by atoms with van der Waals surface area (Å²) in [6.07, 6.45) is 5.42. The maximum Gasteiger partial charge on any atom is 0.301 e. The SMILES string of the molecule is Cn1nc(C2CCC(=O)NC2=O)c2cc(F)c(N3CCN(CC4CCN(c5ncc(Cl)c(Nc6ccc7c(c6)c6c(c(=O)n7C)OCC(F)(F)[C@H](C7CC7)N6)n5)CC4)CC3)cc21. The second-order valence-electron chi connectivity index (χ2n) is 17.4. The molecule has 3 aromatic heterocycles. The molecule has 10 rings (SSSR count). The molecule has 19 heteroatoms. The number of nitrogens with one attached hydrogen (secondary N) is 3. The van der Waals surface area contributed by atoms with Crippen LogP contribution in [0.5, 0.6) is 5.75 Å². The number of rotatable bonds is 8. The van der Waals surface area contributed by atoms with Gasteiger partial charge >= 0.3 is 5.92 Å². The highest BCUT2D eigenvalue weighted by Gasteiger charge is 2.51. The molecule has 15 nitrogen and oxygen atoms in total. The van der Waals surface area contributed by atoms with Crippen LogP contribution in [-0.4, -0.2) is 105 Å². The van der Waals surface area contributed by atoms with Crippen molar-refractivity contribution in [2.24, 2.45) is 25.9 Å². The van der Waals surface area contributed by atoms with Crippen LogP contribution in [0, 0.1) is 17.7 Å². The van der Waals surface area contributed by atoms with Gasteiger partial charge in [-0.3, -0.25) is 29.3 Å².